The van der Waals surface area contributed by atoms with E-state index in [0.717, 1.165) is 21.2 Å². The third kappa shape index (κ3) is 2.15. The third-order valence-electron chi connectivity index (χ3n) is 3.69. The van der Waals surface area contributed by atoms with Crippen LogP contribution in [0.3, 0.4) is 0 Å². The van der Waals surface area contributed by atoms with Crippen molar-refractivity contribution in [2.24, 2.45) is 0 Å². The Morgan fingerprint density at radius 3 is 2.53 bits per heavy atom. The summed E-state index contributed by atoms with van der Waals surface area (Å²) in [5.74, 6) is 0. The fourth-order valence-electron chi connectivity index (χ4n) is 2.27. The first-order valence-electron chi connectivity index (χ1n) is 6.04. The number of rotatable bonds is 3. The molecule has 0 aliphatic rings. The molecule has 2 rings (SSSR count). The summed E-state index contributed by atoms with van der Waals surface area (Å²) >= 11 is 0. The Morgan fingerprint density at radius 2 is 1.89 bits per heavy atom. The summed E-state index contributed by atoms with van der Waals surface area (Å²) in [6.07, 6.45) is -1.32. The molecule has 0 radical (unpaired) electrons. The lowest BCUT2D eigenvalue weighted by atomic mass is 9.87. The molecule has 2 aromatic rings. The van der Waals surface area contributed by atoms with Gasteiger partial charge in [0.2, 0.25) is 0 Å². The first-order chi connectivity index (χ1) is 9.00. The first kappa shape index (κ1) is 13.4. The molecule has 19 heavy (non-hydrogen) atoms. The Morgan fingerprint density at radius 1 is 1.26 bits per heavy atom. The molecule has 0 saturated carbocycles. The zero-order valence-electron chi connectivity index (χ0n) is 11.0. The van der Waals surface area contributed by atoms with E-state index in [9.17, 15) is 15.0 Å². The number of nitrogens with zero attached hydrogens (tertiary/aromatic N) is 1. The largest absolute Gasteiger partial charge is 0.530 e. The molecule has 2 aromatic carbocycles. The second-order valence-corrected chi connectivity index (χ2v) is 4.78. The highest BCUT2D eigenvalue weighted by molar-refractivity contribution is 5.87. The van der Waals surface area contributed by atoms with Crippen LogP contribution in [0.5, 0.6) is 0 Å². The average Bonchev–Trinajstić information content (AvgIpc) is 2.45. The SMILES string of the molecule is CN(C(=O)[O-])C(C)(CO)c1cccc2ccccc12. The molecule has 1 amide bonds. The molecule has 1 N–H and O–H groups in total. The molecule has 0 bridgehead atoms. The molecule has 0 aromatic heterocycles. The minimum atomic E-state index is -1.32. The smallest absolute Gasteiger partial charge is 0.137 e. The highest BCUT2D eigenvalue weighted by Crippen LogP contribution is 2.32. The highest BCUT2D eigenvalue weighted by Gasteiger charge is 2.32. The van der Waals surface area contributed by atoms with Gasteiger partial charge in [0.1, 0.15) is 6.09 Å². The Balaban J connectivity index is 2.67. The van der Waals surface area contributed by atoms with E-state index in [2.05, 4.69) is 0 Å². The highest BCUT2D eigenvalue weighted by atomic mass is 16.4. The summed E-state index contributed by atoms with van der Waals surface area (Å²) in [6.45, 7) is 1.37. The van der Waals surface area contributed by atoms with Crippen LogP contribution in [0.15, 0.2) is 42.5 Å². The quantitative estimate of drug-likeness (QED) is 0.903. The van der Waals surface area contributed by atoms with Gasteiger partial charge in [0.15, 0.2) is 0 Å². The van der Waals surface area contributed by atoms with Crippen molar-refractivity contribution in [3.8, 4) is 0 Å². The van der Waals surface area contributed by atoms with E-state index in [0.29, 0.717) is 0 Å². The third-order valence-corrected chi connectivity index (χ3v) is 3.69. The summed E-state index contributed by atoms with van der Waals surface area (Å²) in [4.78, 5) is 12.2. The molecule has 0 aliphatic heterocycles. The van der Waals surface area contributed by atoms with Crippen LogP contribution in [0, 0.1) is 0 Å². The number of likely N-dealkylation sites (N-methyl/N-ethyl adjacent to an activating group) is 1. The predicted molar refractivity (Wildman–Crippen MR) is 71.5 cm³/mol. The Labute approximate surface area is 111 Å². The van der Waals surface area contributed by atoms with E-state index in [-0.39, 0.29) is 6.61 Å². The molecule has 0 fully saturated rings. The van der Waals surface area contributed by atoms with Crippen molar-refractivity contribution >= 4 is 16.9 Å². The van der Waals surface area contributed by atoms with Gasteiger partial charge in [-0.3, -0.25) is 0 Å². The van der Waals surface area contributed by atoms with Gasteiger partial charge < -0.3 is 19.9 Å². The lowest BCUT2D eigenvalue weighted by Gasteiger charge is -2.40. The van der Waals surface area contributed by atoms with Crippen molar-refractivity contribution in [1.82, 2.24) is 4.90 Å². The van der Waals surface area contributed by atoms with Gasteiger partial charge in [-0.05, 0) is 23.3 Å². The molecule has 4 heteroatoms. The van der Waals surface area contributed by atoms with Crippen molar-refractivity contribution in [2.75, 3.05) is 13.7 Å². The van der Waals surface area contributed by atoms with Gasteiger partial charge in [0.25, 0.3) is 0 Å². The number of aliphatic hydroxyl groups excluding tert-OH is 1. The van der Waals surface area contributed by atoms with Gasteiger partial charge >= 0.3 is 0 Å². The van der Waals surface area contributed by atoms with Crippen LogP contribution in [0.4, 0.5) is 4.79 Å². The fraction of sp³-hybridized carbons (Fsp3) is 0.267. The normalized spacial score (nSPS) is 14.1. The summed E-state index contributed by atoms with van der Waals surface area (Å²) in [5, 5.41) is 22.7. The summed E-state index contributed by atoms with van der Waals surface area (Å²) in [5.41, 5.74) is -0.264. The Bertz CT molecular complexity index is 606. The lowest BCUT2D eigenvalue weighted by molar-refractivity contribution is -0.270. The number of benzene rings is 2. The minimum absolute atomic E-state index is 0.314. The Hall–Kier alpha value is -2.07. The van der Waals surface area contributed by atoms with E-state index in [4.69, 9.17) is 0 Å². The van der Waals surface area contributed by atoms with Crippen molar-refractivity contribution in [3.63, 3.8) is 0 Å². The van der Waals surface area contributed by atoms with E-state index >= 15 is 0 Å². The number of fused-ring (bicyclic) bond motifs is 1. The summed E-state index contributed by atoms with van der Waals surface area (Å²) in [7, 11) is 1.41. The van der Waals surface area contributed by atoms with E-state index in [1.807, 2.05) is 42.5 Å². The number of amides is 1. The average molecular weight is 258 g/mol. The lowest BCUT2D eigenvalue weighted by Crippen LogP contribution is -2.52. The number of hydrogen-bond acceptors (Lipinski definition) is 3. The number of hydrogen-bond donors (Lipinski definition) is 1. The predicted octanol–water partition coefficient (Wildman–Crippen LogP) is 1.32. The molecule has 1 atom stereocenters. The van der Waals surface area contributed by atoms with Gasteiger partial charge in [-0.15, -0.1) is 0 Å². The van der Waals surface area contributed by atoms with Crippen molar-refractivity contribution in [1.29, 1.82) is 0 Å². The molecule has 0 spiro atoms. The van der Waals surface area contributed by atoms with Crippen molar-refractivity contribution in [2.45, 2.75) is 12.5 Å². The second-order valence-electron chi connectivity index (χ2n) is 4.78. The van der Waals surface area contributed by atoms with Crippen molar-refractivity contribution < 1.29 is 15.0 Å². The number of carbonyl (C=O) groups is 1. The molecule has 0 heterocycles. The maximum absolute atomic E-state index is 11.1. The van der Waals surface area contributed by atoms with Gasteiger partial charge in [-0.1, -0.05) is 42.5 Å². The molecular formula is C15H16NO3-. The van der Waals surface area contributed by atoms with Gasteiger partial charge in [-0.2, -0.15) is 0 Å². The maximum atomic E-state index is 11.1. The zero-order valence-corrected chi connectivity index (χ0v) is 11.0. The van der Waals surface area contributed by atoms with E-state index in [1.54, 1.807) is 6.92 Å². The maximum Gasteiger partial charge on any atom is 0.137 e. The van der Waals surface area contributed by atoms with Crippen LogP contribution in [0.2, 0.25) is 0 Å². The van der Waals surface area contributed by atoms with Gasteiger partial charge in [0, 0.05) is 7.05 Å². The summed E-state index contributed by atoms with van der Waals surface area (Å²) < 4.78 is 0. The fourth-order valence-corrected chi connectivity index (χ4v) is 2.27. The van der Waals surface area contributed by atoms with Gasteiger partial charge in [0.05, 0.1) is 12.1 Å². The second kappa shape index (κ2) is 4.90. The van der Waals surface area contributed by atoms with Crippen LogP contribution in [0.1, 0.15) is 12.5 Å². The van der Waals surface area contributed by atoms with E-state index in [1.165, 1.54) is 7.05 Å². The van der Waals surface area contributed by atoms with Crippen LogP contribution in [-0.2, 0) is 5.54 Å². The van der Waals surface area contributed by atoms with Crippen LogP contribution >= 0.6 is 0 Å². The van der Waals surface area contributed by atoms with Crippen LogP contribution < -0.4 is 5.11 Å². The zero-order chi connectivity index (χ0) is 14.0. The van der Waals surface area contributed by atoms with Crippen LogP contribution in [-0.4, -0.2) is 29.8 Å². The standard InChI is InChI=1S/C15H17NO3/c1-15(10-17,16(2)14(18)19)13-9-5-7-11-6-3-4-8-12(11)13/h3-9,17H,10H2,1-2H3,(H,18,19)/p-1. The number of carbonyl (C=O) groups excluding carboxylic acids is 1. The molecule has 1 unspecified atom stereocenters. The number of carboxylic acid groups (broad SMARTS) is 1. The first-order valence-corrected chi connectivity index (χ1v) is 6.04. The molecule has 0 saturated heterocycles. The Kier molecular flexibility index (Phi) is 3.44. The van der Waals surface area contributed by atoms with Crippen LogP contribution in [0.25, 0.3) is 10.8 Å². The topological polar surface area (TPSA) is 63.6 Å². The molecular weight excluding hydrogens is 242 g/mol. The van der Waals surface area contributed by atoms with E-state index < -0.39 is 11.6 Å². The molecule has 100 valence electrons. The van der Waals surface area contributed by atoms with Gasteiger partial charge in [-0.25, -0.2) is 0 Å². The minimum Gasteiger partial charge on any atom is -0.530 e. The molecule has 4 nitrogen and oxygen atoms in total. The molecule has 0 aliphatic carbocycles. The summed E-state index contributed by atoms with van der Waals surface area (Å²) in [6, 6.07) is 13.3. The van der Waals surface area contributed by atoms with Crippen molar-refractivity contribution in [3.05, 3.63) is 48.0 Å². The monoisotopic (exact) mass is 258 g/mol. The number of aliphatic hydroxyl groups is 1.